The molecular formula is C12H10BrN5O. The molecule has 0 spiro atoms. The van der Waals surface area contributed by atoms with Crippen molar-refractivity contribution in [3.05, 3.63) is 45.4 Å². The minimum Gasteiger partial charge on any atom is -0.384 e. The molecule has 0 atom stereocenters. The van der Waals surface area contributed by atoms with Crippen molar-refractivity contribution in [2.75, 3.05) is 5.73 Å². The van der Waals surface area contributed by atoms with Gasteiger partial charge >= 0.3 is 5.69 Å². The second-order valence-corrected chi connectivity index (χ2v) is 4.94. The van der Waals surface area contributed by atoms with Gasteiger partial charge in [0.2, 0.25) is 0 Å². The van der Waals surface area contributed by atoms with Gasteiger partial charge in [-0.1, -0.05) is 12.1 Å². The second kappa shape index (κ2) is 4.20. The van der Waals surface area contributed by atoms with Gasteiger partial charge in [-0.2, -0.15) is 10.1 Å². The first-order chi connectivity index (χ1) is 9.09. The molecule has 6 nitrogen and oxygen atoms in total. The molecular weight excluding hydrogens is 310 g/mol. The highest BCUT2D eigenvalue weighted by molar-refractivity contribution is 9.10. The molecule has 0 fully saturated rings. The standard InChI is InChI=1S/C12H10BrN5O/c1-17-10(14)7-6-15-18(11(7)16-12(17)19)9-5-3-2-4-8(9)13/h2-6H,14H2,1H3. The number of nitrogen functional groups attached to an aromatic ring is 1. The number of rotatable bonds is 1. The molecule has 3 rings (SSSR count). The monoisotopic (exact) mass is 319 g/mol. The Hall–Kier alpha value is -2.15. The molecule has 3 aromatic rings. The predicted octanol–water partition coefficient (Wildman–Crippen LogP) is 1.46. The third-order valence-electron chi connectivity index (χ3n) is 2.95. The van der Waals surface area contributed by atoms with Crippen LogP contribution in [-0.4, -0.2) is 19.3 Å². The van der Waals surface area contributed by atoms with E-state index in [0.29, 0.717) is 16.9 Å². The number of benzene rings is 1. The number of fused-ring (bicyclic) bond motifs is 1. The van der Waals surface area contributed by atoms with E-state index >= 15 is 0 Å². The third-order valence-corrected chi connectivity index (χ3v) is 3.62. The number of hydrogen-bond donors (Lipinski definition) is 1. The molecule has 0 saturated carbocycles. The molecule has 7 heteroatoms. The third kappa shape index (κ3) is 1.74. The fourth-order valence-electron chi connectivity index (χ4n) is 1.88. The van der Waals surface area contributed by atoms with Crippen LogP contribution in [0.4, 0.5) is 5.82 Å². The summed E-state index contributed by atoms with van der Waals surface area (Å²) in [6.07, 6.45) is 1.61. The van der Waals surface area contributed by atoms with Crippen molar-refractivity contribution < 1.29 is 0 Å². The average Bonchev–Trinajstić information content (AvgIpc) is 2.80. The summed E-state index contributed by atoms with van der Waals surface area (Å²) in [7, 11) is 1.58. The molecule has 0 aliphatic heterocycles. The molecule has 0 unspecified atom stereocenters. The van der Waals surface area contributed by atoms with Gasteiger partial charge in [-0.05, 0) is 28.1 Å². The summed E-state index contributed by atoms with van der Waals surface area (Å²) in [5.41, 5.74) is 6.76. The maximum absolute atomic E-state index is 11.7. The van der Waals surface area contributed by atoms with Crippen LogP contribution in [0.2, 0.25) is 0 Å². The van der Waals surface area contributed by atoms with E-state index in [4.69, 9.17) is 5.73 Å². The molecule has 1 aromatic carbocycles. The fourth-order valence-corrected chi connectivity index (χ4v) is 2.33. The quantitative estimate of drug-likeness (QED) is 0.736. The Bertz CT molecular complexity index is 836. The van der Waals surface area contributed by atoms with Gasteiger partial charge < -0.3 is 5.73 Å². The summed E-state index contributed by atoms with van der Waals surface area (Å²) in [5.74, 6) is 0.355. The summed E-state index contributed by atoms with van der Waals surface area (Å²) in [5, 5.41) is 4.91. The lowest BCUT2D eigenvalue weighted by Crippen LogP contribution is -2.23. The van der Waals surface area contributed by atoms with Gasteiger partial charge in [-0.25, -0.2) is 9.48 Å². The Morgan fingerprint density at radius 3 is 2.79 bits per heavy atom. The Balaban J connectivity index is 2.39. The smallest absolute Gasteiger partial charge is 0.350 e. The largest absolute Gasteiger partial charge is 0.384 e. The summed E-state index contributed by atoms with van der Waals surface area (Å²) < 4.78 is 3.76. The van der Waals surface area contributed by atoms with Gasteiger partial charge in [0.15, 0.2) is 5.65 Å². The van der Waals surface area contributed by atoms with Crippen molar-refractivity contribution in [3.63, 3.8) is 0 Å². The van der Waals surface area contributed by atoms with Crippen molar-refractivity contribution >= 4 is 32.8 Å². The van der Waals surface area contributed by atoms with E-state index in [2.05, 4.69) is 26.0 Å². The molecule has 0 saturated heterocycles. The van der Waals surface area contributed by atoms with Crippen LogP contribution in [0.5, 0.6) is 0 Å². The van der Waals surface area contributed by atoms with E-state index in [0.717, 1.165) is 10.2 Å². The summed E-state index contributed by atoms with van der Waals surface area (Å²) in [4.78, 5) is 15.8. The summed E-state index contributed by atoms with van der Waals surface area (Å²) in [6.45, 7) is 0. The van der Waals surface area contributed by atoms with E-state index in [1.807, 2.05) is 24.3 Å². The first kappa shape index (κ1) is 11.9. The van der Waals surface area contributed by atoms with Gasteiger partial charge in [0.05, 0.1) is 17.3 Å². The van der Waals surface area contributed by atoms with Crippen LogP contribution in [0.1, 0.15) is 0 Å². The fraction of sp³-hybridized carbons (Fsp3) is 0.0833. The highest BCUT2D eigenvalue weighted by atomic mass is 79.9. The zero-order chi connectivity index (χ0) is 13.6. The van der Waals surface area contributed by atoms with Gasteiger partial charge in [-0.15, -0.1) is 0 Å². The van der Waals surface area contributed by atoms with E-state index in [-0.39, 0.29) is 0 Å². The number of nitrogens with zero attached hydrogens (tertiary/aromatic N) is 4. The number of aromatic nitrogens is 4. The van der Waals surface area contributed by atoms with Crippen molar-refractivity contribution in [2.24, 2.45) is 7.05 Å². The lowest BCUT2D eigenvalue weighted by molar-refractivity contribution is 0.823. The van der Waals surface area contributed by atoms with E-state index in [1.165, 1.54) is 4.57 Å². The Morgan fingerprint density at radius 2 is 2.05 bits per heavy atom. The number of para-hydroxylation sites is 1. The molecule has 0 aliphatic carbocycles. The molecule has 2 heterocycles. The van der Waals surface area contributed by atoms with Crippen LogP contribution in [0, 0.1) is 0 Å². The number of anilines is 1. The summed E-state index contributed by atoms with van der Waals surface area (Å²) in [6, 6.07) is 7.57. The van der Waals surface area contributed by atoms with Gasteiger partial charge in [0, 0.05) is 11.5 Å². The highest BCUT2D eigenvalue weighted by Gasteiger charge is 2.13. The predicted molar refractivity (Wildman–Crippen MR) is 76.2 cm³/mol. The highest BCUT2D eigenvalue weighted by Crippen LogP contribution is 2.24. The van der Waals surface area contributed by atoms with Crippen molar-refractivity contribution in [3.8, 4) is 5.69 Å². The van der Waals surface area contributed by atoms with E-state index in [9.17, 15) is 4.79 Å². The minimum atomic E-state index is -0.404. The maximum atomic E-state index is 11.7. The topological polar surface area (TPSA) is 78.7 Å². The number of hydrogen-bond acceptors (Lipinski definition) is 4. The molecule has 0 bridgehead atoms. The van der Waals surface area contributed by atoms with Crippen LogP contribution in [0.25, 0.3) is 16.7 Å². The molecule has 0 radical (unpaired) electrons. The first-order valence-electron chi connectivity index (χ1n) is 5.54. The normalized spacial score (nSPS) is 11.1. The number of halogens is 1. The Labute approximate surface area is 116 Å². The zero-order valence-corrected chi connectivity index (χ0v) is 11.6. The molecule has 2 aromatic heterocycles. The average molecular weight is 320 g/mol. The van der Waals surface area contributed by atoms with Crippen LogP contribution in [0.3, 0.4) is 0 Å². The summed E-state index contributed by atoms with van der Waals surface area (Å²) >= 11 is 3.45. The van der Waals surface area contributed by atoms with Crippen LogP contribution in [-0.2, 0) is 7.05 Å². The SMILES string of the molecule is Cn1c(N)c2cnn(-c3ccccc3Br)c2nc1=O. The zero-order valence-electron chi connectivity index (χ0n) is 10.0. The van der Waals surface area contributed by atoms with Crippen molar-refractivity contribution in [2.45, 2.75) is 0 Å². The molecule has 19 heavy (non-hydrogen) atoms. The van der Waals surface area contributed by atoms with Crippen molar-refractivity contribution in [1.29, 1.82) is 0 Å². The van der Waals surface area contributed by atoms with Gasteiger partial charge in [-0.3, -0.25) is 4.57 Å². The van der Waals surface area contributed by atoms with Crippen LogP contribution >= 0.6 is 15.9 Å². The van der Waals surface area contributed by atoms with Gasteiger partial charge in [0.1, 0.15) is 5.82 Å². The minimum absolute atomic E-state index is 0.355. The molecule has 0 amide bonds. The molecule has 2 N–H and O–H groups in total. The molecule has 96 valence electrons. The molecule has 0 aliphatic rings. The second-order valence-electron chi connectivity index (χ2n) is 4.08. The number of nitrogens with two attached hydrogens (primary N) is 1. The first-order valence-corrected chi connectivity index (χ1v) is 6.34. The maximum Gasteiger partial charge on any atom is 0.350 e. The van der Waals surface area contributed by atoms with E-state index in [1.54, 1.807) is 17.9 Å². The van der Waals surface area contributed by atoms with Crippen LogP contribution in [0.15, 0.2) is 39.7 Å². The lowest BCUT2D eigenvalue weighted by Gasteiger charge is -2.06. The Morgan fingerprint density at radius 1 is 1.32 bits per heavy atom. The van der Waals surface area contributed by atoms with E-state index < -0.39 is 5.69 Å². The van der Waals surface area contributed by atoms with Crippen LogP contribution < -0.4 is 11.4 Å². The Kier molecular flexibility index (Phi) is 2.63. The lowest BCUT2D eigenvalue weighted by atomic mass is 10.3. The van der Waals surface area contributed by atoms with Gasteiger partial charge in [0.25, 0.3) is 0 Å². The van der Waals surface area contributed by atoms with Crippen molar-refractivity contribution in [1.82, 2.24) is 19.3 Å².